The summed E-state index contributed by atoms with van der Waals surface area (Å²) in [6.07, 6.45) is 0. The van der Waals surface area contributed by atoms with Crippen LogP contribution in [-0.2, 0) is 16.6 Å². The van der Waals surface area contributed by atoms with Gasteiger partial charge in [-0.25, -0.2) is 13.2 Å². The third-order valence-electron chi connectivity index (χ3n) is 4.73. The van der Waals surface area contributed by atoms with Crippen LogP contribution >= 0.6 is 23.2 Å². The van der Waals surface area contributed by atoms with Crippen molar-refractivity contribution in [3.05, 3.63) is 87.9 Å². The van der Waals surface area contributed by atoms with Crippen LogP contribution in [0.25, 0.3) is 0 Å². The fourth-order valence-electron chi connectivity index (χ4n) is 3.13. The van der Waals surface area contributed by atoms with Crippen molar-refractivity contribution in [1.29, 1.82) is 0 Å². The number of carbonyl (C=O) groups is 1. The lowest BCUT2D eigenvalue weighted by Crippen LogP contribution is -2.34. The van der Waals surface area contributed by atoms with Crippen molar-refractivity contribution >= 4 is 44.9 Å². The molecule has 0 spiro atoms. The van der Waals surface area contributed by atoms with E-state index in [1.165, 1.54) is 28.6 Å². The smallest absolute Gasteiger partial charge is 0.335 e. The van der Waals surface area contributed by atoms with Gasteiger partial charge in [0.1, 0.15) is 17.3 Å². The summed E-state index contributed by atoms with van der Waals surface area (Å²) in [5.74, 6) is -0.421. The maximum atomic E-state index is 13.5. The Kier molecular flexibility index (Phi) is 7.89. The van der Waals surface area contributed by atoms with Gasteiger partial charge in [0.25, 0.3) is 10.0 Å². The van der Waals surface area contributed by atoms with Gasteiger partial charge in [0.2, 0.25) is 0 Å². The molecule has 0 saturated carbocycles. The summed E-state index contributed by atoms with van der Waals surface area (Å²) in [7, 11) is -4.00. The van der Waals surface area contributed by atoms with E-state index in [0.717, 1.165) is 5.56 Å². The number of anilines is 1. The molecule has 3 rings (SSSR count). The van der Waals surface area contributed by atoms with Gasteiger partial charge in [-0.05, 0) is 60.0 Å². The first-order valence-electron chi connectivity index (χ1n) is 10.1. The quantitative estimate of drug-likeness (QED) is 0.377. The van der Waals surface area contributed by atoms with Crippen LogP contribution in [0.15, 0.2) is 71.6 Å². The lowest BCUT2D eigenvalue weighted by molar-refractivity contribution is 0.0697. The fourth-order valence-corrected chi connectivity index (χ4v) is 5.86. The first-order chi connectivity index (χ1) is 15.6. The van der Waals surface area contributed by atoms with Gasteiger partial charge in [0, 0.05) is 6.54 Å². The van der Waals surface area contributed by atoms with Crippen molar-refractivity contribution in [3.63, 3.8) is 0 Å². The number of carboxylic acid groups (broad SMARTS) is 1. The van der Waals surface area contributed by atoms with E-state index >= 15 is 0 Å². The summed E-state index contributed by atoms with van der Waals surface area (Å²) in [5.41, 5.74) is 1.48. The highest BCUT2D eigenvalue weighted by Gasteiger charge is 2.30. The predicted octanol–water partition coefficient (Wildman–Crippen LogP) is 6.12. The van der Waals surface area contributed by atoms with Gasteiger partial charge < -0.3 is 9.84 Å². The molecule has 0 atom stereocenters. The van der Waals surface area contributed by atoms with Gasteiger partial charge in [-0.2, -0.15) is 0 Å². The molecule has 0 aromatic heterocycles. The summed E-state index contributed by atoms with van der Waals surface area (Å²) >= 11 is 12.4. The second-order valence-corrected chi connectivity index (χ2v) is 10.4. The average Bonchev–Trinajstić information content (AvgIpc) is 2.76. The Bertz CT molecular complexity index is 1210. The Balaban J connectivity index is 1.82. The van der Waals surface area contributed by atoms with E-state index in [1.807, 2.05) is 13.8 Å². The van der Waals surface area contributed by atoms with E-state index < -0.39 is 16.0 Å². The SMILES string of the molecule is CC(C)CN(c1ccc(COc2ccc(C(=O)O)cc2)cc1)S(=O)(=O)c1c(Cl)cccc1Cl. The summed E-state index contributed by atoms with van der Waals surface area (Å²) in [4.78, 5) is 10.8. The number of carboxylic acids is 1. The number of halogens is 2. The van der Waals surface area contributed by atoms with Crippen molar-refractivity contribution < 1.29 is 23.1 Å². The number of hydrogen-bond acceptors (Lipinski definition) is 4. The van der Waals surface area contributed by atoms with Gasteiger partial charge in [-0.1, -0.05) is 55.2 Å². The first-order valence-corrected chi connectivity index (χ1v) is 12.3. The molecule has 0 unspecified atom stereocenters. The van der Waals surface area contributed by atoms with Crippen molar-refractivity contribution in [2.24, 2.45) is 5.92 Å². The zero-order valence-corrected chi connectivity index (χ0v) is 20.4. The number of ether oxygens (including phenoxy) is 1. The van der Waals surface area contributed by atoms with E-state index in [-0.39, 0.29) is 39.6 Å². The Morgan fingerprint density at radius 2 is 1.55 bits per heavy atom. The van der Waals surface area contributed by atoms with Gasteiger partial charge in [-0.15, -0.1) is 0 Å². The van der Waals surface area contributed by atoms with Crippen LogP contribution in [0.1, 0.15) is 29.8 Å². The highest BCUT2D eigenvalue weighted by molar-refractivity contribution is 7.93. The number of sulfonamides is 1. The fraction of sp³-hybridized carbons (Fsp3) is 0.208. The van der Waals surface area contributed by atoms with E-state index in [1.54, 1.807) is 42.5 Å². The highest BCUT2D eigenvalue weighted by atomic mass is 35.5. The summed E-state index contributed by atoms with van der Waals surface area (Å²) in [6, 6.07) is 17.7. The molecule has 3 aromatic rings. The Hall–Kier alpha value is -2.74. The lowest BCUT2D eigenvalue weighted by atomic mass is 10.2. The number of rotatable bonds is 9. The van der Waals surface area contributed by atoms with Gasteiger partial charge in [0.05, 0.1) is 21.3 Å². The molecule has 3 aromatic carbocycles. The lowest BCUT2D eigenvalue weighted by Gasteiger charge is -2.27. The van der Waals surface area contributed by atoms with E-state index in [4.69, 9.17) is 33.0 Å². The first kappa shape index (κ1) is 24.9. The number of nitrogens with zero attached hydrogens (tertiary/aromatic N) is 1. The van der Waals surface area contributed by atoms with Crippen LogP contribution in [0, 0.1) is 5.92 Å². The molecule has 0 heterocycles. The monoisotopic (exact) mass is 507 g/mol. The van der Waals surface area contributed by atoms with E-state index in [2.05, 4.69) is 0 Å². The molecule has 33 heavy (non-hydrogen) atoms. The second-order valence-electron chi connectivity index (χ2n) is 7.77. The minimum absolute atomic E-state index is 0.0535. The minimum Gasteiger partial charge on any atom is -0.489 e. The van der Waals surface area contributed by atoms with Gasteiger partial charge in [-0.3, -0.25) is 4.31 Å². The number of aromatic carboxylic acids is 1. The van der Waals surface area contributed by atoms with Crippen molar-refractivity contribution in [2.75, 3.05) is 10.8 Å². The Morgan fingerprint density at radius 1 is 0.970 bits per heavy atom. The van der Waals surface area contributed by atoms with Gasteiger partial charge in [0.15, 0.2) is 0 Å². The normalized spacial score (nSPS) is 11.4. The molecule has 0 amide bonds. The molecule has 0 aliphatic carbocycles. The van der Waals surface area contributed by atoms with E-state index in [0.29, 0.717) is 11.4 Å². The molecule has 0 bridgehead atoms. The molecule has 0 aliphatic heterocycles. The van der Waals surface area contributed by atoms with Crippen LogP contribution in [0.4, 0.5) is 5.69 Å². The molecule has 6 nitrogen and oxygen atoms in total. The molecular formula is C24H23Cl2NO5S. The average molecular weight is 508 g/mol. The number of hydrogen-bond donors (Lipinski definition) is 1. The zero-order valence-electron chi connectivity index (χ0n) is 18.0. The van der Waals surface area contributed by atoms with Crippen LogP contribution in [0.5, 0.6) is 5.75 Å². The molecule has 1 N–H and O–H groups in total. The van der Waals surface area contributed by atoms with Crippen molar-refractivity contribution in [2.45, 2.75) is 25.3 Å². The molecule has 0 radical (unpaired) electrons. The van der Waals surface area contributed by atoms with Crippen LogP contribution < -0.4 is 9.04 Å². The largest absolute Gasteiger partial charge is 0.489 e. The van der Waals surface area contributed by atoms with Crippen LogP contribution in [0.3, 0.4) is 0 Å². The zero-order chi connectivity index (χ0) is 24.2. The summed E-state index contributed by atoms with van der Waals surface area (Å²) in [6.45, 7) is 4.33. The van der Waals surface area contributed by atoms with Crippen molar-refractivity contribution in [3.8, 4) is 5.75 Å². The van der Waals surface area contributed by atoms with Crippen LogP contribution in [0.2, 0.25) is 10.0 Å². The third kappa shape index (κ3) is 5.99. The molecule has 0 aliphatic rings. The molecule has 0 fully saturated rings. The van der Waals surface area contributed by atoms with E-state index in [9.17, 15) is 13.2 Å². The van der Waals surface area contributed by atoms with Gasteiger partial charge >= 0.3 is 5.97 Å². The second kappa shape index (κ2) is 10.5. The highest BCUT2D eigenvalue weighted by Crippen LogP contribution is 2.34. The summed E-state index contributed by atoms with van der Waals surface area (Å²) < 4.78 is 33.9. The topological polar surface area (TPSA) is 83.9 Å². The van der Waals surface area contributed by atoms with Crippen LogP contribution in [-0.4, -0.2) is 26.0 Å². The Labute approximate surface area is 203 Å². The molecule has 0 saturated heterocycles. The standard InChI is InChI=1S/C24H23Cl2NO5S/c1-16(2)14-27(33(30,31)23-21(25)4-3-5-22(23)26)19-10-6-17(7-11-19)15-32-20-12-8-18(9-13-20)24(28)29/h3-13,16H,14-15H2,1-2H3,(H,28,29). The third-order valence-corrected chi connectivity index (χ3v) is 7.48. The maximum absolute atomic E-state index is 13.5. The number of benzene rings is 3. The minimum atomic E-state index is -4.00. The maximum Gasteiger partial charge on any atom is 0.335 e. The molecule has 174 valence electrons. The van der Waals surface area contributed by atoms with Crippen molar-refractivity contribution in [1.82, 2.24) is 0 Å². The molecular weight excluding hydrogens is 485 g/mol. The predicted molar refractivity (Wildman–Crippen MR) is 130 cm³/mol. The Morgan fingerprint density at radius 3 is 2.06 bits per heavy atom. The molecule has 9 heteroatoms. The summed E-state index contributed by atoms with van der Waals surface area (Å²) in [5, 5.41) is 9.10.